The van der Waals surface area contributed by atoms with Gasteiger partial charge < -0.3 is 9.97 Å². The predicted molar refractivity (Wildman–Crippen MR) is 57.7 cm³/mol. The smallest absolute Gasteiger partial charge is 0.260 e. The Balaban J connectivity index is 2.38. The van der Waals surface area contributed by atoms with Gasteiger partial charge in [-0.05, 0) is 0 Å². The zero-order chi connectivity index (χ0) is 11.0. The summed E-state index contributed by atoms with van der Waals surface area (Å²) in [7, 11) is 0. The van der Waals surface area contributed by atoms with Crippen LogP contribution in [-0.2, 0) is 0 Å². The second-order valence-corrected chi connectivity index (χ2v) is 3.25. The van der Waals surface area contributed by atoms with E-state index in [0.717, 1.165) is 0 Å². The van der Waals surface area contributed by atoms with Gasteiger partial charge in [0.1, 0.15) is 5.65 Å². The summed E-state index contributed by atoms with van der Waals surface area (Å²) in [6.07, 6.45) is 7.84. The van der Waals surface area contributed by atoms with E-state index in [0.29, 0.717) is 22.3 Å². The van der Waals surface area contributed by atoms with Gasteiger partial charge in [-0.3, -0.25) is 14.8 Å². The maximum Gasteiger partial charge on any atom is 0.260 e. The van der Waals surface area contributed by atoms with E-state index in [1.807, 2.05) is 0 Å². The van der Waals surface area contributed by atoms with Crippen LogP contribution in [0.15, 0.2) is 35.9 Å². The molecule has 0 aliphatic rings. The second-order valence-electron chi connectivity index (χ2n) is 3.25. The van der Waals surface area contributed by atoms with E-state index in [1.165, 1.54) is 6.33 Å². The summed E-state index contributed by atoms with van der Waals surface area (Å²) < 4.78 is 0. The molecule has 0 atom stereocenters. The molecule has 3 rings (SSSR count). The quantitative estimate of drug-likeness (QED) is 0.623. The first-order valence-electron chi connectivity index (χ1n) is 4.67. The van der Waals surface area contributed by atoms with Gasteiger partial charge in [0.2, 0.25) is 0 Å². The van der Waals surface area contributed by atoms with E-state index in [2.05, 4.69) is 24.9 Å². The highest BCUT2D eigenvalue weighted by Crippen LogP contribution is 2.21. The Kier molecular flexibility index (Phi) is 1.79. The van der Waals surface area contributed by atoms with Crippen LogP contribution in [0, 0.1) is 0 Å². The number of H-pyrrole nitrogens is 2. The van der Waals surface area contributed by atoms with Gasteiger partial charge in [0.05, 0.1) is 23.6 Å². The molecule has 0 aliphatic carbocycles. The topological polar surface area (TPSA) is 87.3 Å². The third-order valence-electron chi connectivity index (χ3n) is 2.31. The van der Waals surface area contributed by atoms with Gasteiger partial charge in [0.25, 0.3) is 5.56 Å². The van der Waals surface area contributed by atoms with Gasteiger partial charge >= 0.3 is 0 Å². The molecule has 2 N–H and O–H groups in total. The summed E-state index contributed by atoms with van der Waals surface area (Å²) in [6.45, 7) is 0. The number of fused-ring (bicyclic) bond motifs is 1. The van der Waals surface area contributed by atoms with Crippen LogP contribution in [0.5, 0.6) is 0 Å². The molecule has 3 aromatic rings. The molecule has 6 nitrogen and oxygen atoms in total. The minimum Gasteiger partial charge on any atom is -0.345 e. The molecule has 0 saturated carbocycles. The molecule has 0 aliphatic heterocycles. The summed E-state index contributed by atoms with van der Waals surface area (Å²) in [5.41, 5.74) is 1.71. The first kappa shape index (κ1) is 8.78. The maximum atomic E-state index is 11.7. The van der Waals surface area contributed by atoms with Gasteiger partial charge in [-0.2, -0.15) is 0 Å². The van der Waals surface area contributed by atoms with Crippen LogP contribution in [0.25, 0.3) is 22.3 Å². The van der Waals surface area contributed by atoms with Gasteiger partial charge in [0, 0.05) is 24.2 Å². The van der Waals surface area contributed by atoms with Crippen molar-refractivity contribution in [3.63, 3.8) is 0 Å². The minimum absolute atomic E-state index is 0.188. The van der Waals surface area contributed by atoms with Gasteiger partial charge in [-0.1, -0.05) is 0 Å². The van der Waals surface area contributed by atoms with Crippen LogP contribution in [0.4, 0.5) is 0 Å². The van der Waals surface area contributed by atoms with Crippen LogP contribution >= 0.6 is 0 Å². The number of hydrogen-bond acceptors (Lipinski definition) is 4. The van der Waals surface area contributed by atoms with Crippen LogP contribution < -0.4 is 5.56 Å². The number of nitrogens with one attached hydrogen (secondary N) is 2. The molecule has 0 spiro atoms. The first-order chi connectivity index (χ1) is 7.86. The second kappa shape index (κ2) is 3.27. The number of hydrogen-bond donors (Lipinski definition) is 2. The molecule has 78 valence electrons. The monoisotopic (exact) mass is 213 g/mol. The maximum absolute atomic E-state index is 11.7. The van der Waals surface area contributed by atoms with Crippen molar-refractivity contribution in [1.29, 1.82) is 0 Å². The van der Waals surface area contributed by atoms with E-state index in [1.54, 1.807) is 24.8 Å². The fraction of sp³-hybridized carbons (Fsp3) is 0. The van der Waals surface area contributed by atoms with Crippen molar-refractivity contribution in [3.05, 3.63) is 41.5 Å². The predicted octanol–water partition coefficient (Wildman–Crippen LogP) is 0.708. The normalized spacial score (nSPS) is 10.8. The Morgan fingerprint density at radius 1 is 1.12 bits per heavy atom. The van der Waals surface area contributed by atoms with Crippen molar-refractivity contribution < 1.29 is 0 Å². The Bertz CT molecular complexity index is 685. The number of aromatic amines is 2. The Morgan fingerprint density at radius 2 is 2.06 bits per heavy atom. The summed E-state index contributed by atoms with van der Waals surface area (Å²) in [4.78, 5) is 29.3. The Labute approximate surface area is 89.4 Å². The van der Waals surface area contributed by atoms with Crippen molar-refractivity contribution in [2.75, 3.05) is 0 Å². The lowest BCUT2D eigenvalue weighted by molar-refractivity contribution is 1.16. The molecular formula is C10H7N5O. The molecule has 0 bridgehead atoms. The summed E-state index contributed by atoms with van der Waals surface area (Å²) >= 11 is 0. The van der Waals surface area contributed by atoms with Crippen LogP contribution in [0.1, 0.15) is 0 Å². The van der Waals surface area contributed by atoms with Crippen molar-refractivity contribution in [2.45, 2.75) is 0 Å². The summed E-state index contributed by atoms with van der Waals surface area (Å²) in [5.74, 6) is 0. The molecule has 3 aromatic heterocycles. The molecule has 0 aromatic carbocycles. The van der Waals surface area contributed by atoms with Gasteiger partial charge in [-0.15, -0.1) is 0 Å². The fourth-order valence-corrected chi connectivity index (χ4v) is 1.61. The van der Waals surface area contributed by atoms with Gasteiger partial charge in [-0.25, -0.2) is 4.98 Å². The van der Waals surface area contributed by atoms with Crippen LogP contribution in [-0.4, -0.2) is 24.9 Å². The molecule has 0 fully saturated rings. The van der Waals surface area contributed by atoms with E-state index >= 15 is 0 Å². The summed E-state index contributed by atoms with van der Waals surface area (Å²) in [5, 5.41) is 0.503. The summed E-state index contributed by atoms with van der Waals surface area (Å²) in [6, 6.07) is 0. The molecule has 0 amide bonds. The van der Waals surface area contributed by atoms with Crippen molar-refractivity contribution >= 4 is 11.0 Å². The Hall–Kier alpha value is -2.50. The molecule has 6 heteroatoms. The highest BCUT2D eigenvalue weighted by molar-refractivity contribution is 5.91. The number of aromatic nitrogens is 5. The average molecular weight is 213 g/mol. The lowest BCUT2D eigenvalue weighted by atomic mass is 10.2. The van der Waals surface area contributed by atoms with Crippen molar-refractivity contribution in [1.82, 2.24) is 24.9 Å². The van der Waals surface area contributed by atoms with Crippen molar-refractivity contribution in [3.8, 4) is 11.3 Å². The molecular weight excluding hydrogens is 206 g/mol. The SMILES string of the molecule is O=c1[nH]cnc2[nH]cc(-c3cnccn3)c12. The van der Waals surface area contributed by atoms with E-state index in [4.69, 9.17) is 0 Å². The molecule has 0 unspecified atom stereocenters. The van der Waals surface area contributed by atoms with E-state index in [9.17, 15) is 4.79 Å². The van der Waals surface area contributed by atoms with Gasteiger partial charge in [0.15, 0.2) is 0 Å². The average Bonchev–Trinajstić information content (AvgIpc) is 2.75. The number of rotatable bonds is 1. The highest BCUT2D eigenvalue weighted by atomic mass is 16.1. The molecule has 0 radical (unpaired) electrons. The zero-order valence-corrected chi connectivity index (χ0v) is 8.14. The van der Waals surface area contributed by atoms with E-state index < -0.39 is 0 Å². The Morgan fingerprint density at radius 3 is 2.88 bits per heavy atom. The zero-order valence-electron chi connectivity index (χ0n) is 8.14. The lowest BCUT2D eigenvalue weighted by Crippen LogP contribution is -2.05. The van der Waals surface area contributed by atoms with Crippen molar-refractivity contribution in [2.24, 2.45) is 0 Å². The number of nitrogens with zero attached hydrogens (tertiary/aromatic N) is 3. The highest BCUT2D eigenvalue weighted by Gasteiger charge is 2.10. The van der Waals surface area contributed by atoms with Crippen LogP contribution in [0.2, 0.25) is 0 Å². The standard InChI is InChI=1S/C10H7N5O/c16-10-8-6(7-4-11-1-2-12-7)3-13-9(8)14-5-15-10/h1-5H,(H2,13,14,15,16). The largest absolute Gasteiger partial charge is 0.345 e. The molecule has 3 heterocycles. The lowest BCUT2D eigenvalue weighted by Gasteiger charge is -1.95. The molecule has 0 saturated heterocycles. The van der Waals surface area contributed by atoms with Crippen LogP contribution in [0.3, 0.4) is 0 Å². The first-order valence-corrected chi connectivity index (χ1v) is 4.67. The fourth-order valence-electron chi connectivity index (χ4n) is 1.61. The minimum atomic E-state index is -0.188. The third kappa shape index (κ3) is 1.20. The molecule has 16 heavy (non-hydrogen) atoms. The van der Waals surface area contributed by atoms with E-state index in [-0.39, 0.29) is 5.56 Å². The third-order valence-corrected chi connectivity index (χ3v) is 2.31.